The summed E-state index contributed by atoms with van der Waals surface area (Å²) in [5.74, 6) is -0.0891. The van der Waals surface area contributed by atoms with E-state index < -0.39 is 5.60 Å². The molecule has 0 saturated carbocycles. The van der Waals surface area contributed by atoms with Crippen molar-refractivity contribution in [1.29, 1.82) is 0 Å². The second-order valence-corrected chi connectivity index (χ2v) is 7.06. The van der Waals surface area contributed by atoms with Gasteiger partial charge in [-0.2, -0.15) is 0 Å². The van der Waals surface area contributed by atoms with Gasteiger partial charge in [0.05, 0.1) is 6.61 Å². The Labute approximate surface area is 156 Å². The van der Waals surface area contributed by atoms with Crippen molar-refractivity contribution in [2.24, 2.45) is 5.92 Å². The quantitative estimate of drug-likeness (QED) is 0.643. The molecule has 0 heterocycles. The Kier molecular flexibility index (Phi) is 7.37. The highest BCUT2D eigenvalue weighted by atomic mass is 16.6. The number of carbonyl (C=O) groups excluding carboxylic acids is 1. The van der Waals surface area contributed by atoms with Crippen LogP contribution in [0, 0.1) is 5.92 Å². The summed E-state index contributed by atoms with van der Waals surface area (Å²) in [6, 6.07) is 19.2. The van der Waals surface area contributed by atoms with E-state index in [-0.39, 0.29) is 11.9 Å². The van der Waals surface area contributed by atoms with E-state index in [4.69, 9.17) is 9.47 Å². The predicted octanol–water partition coefficient (Wildman–Crippen LogP) is 3.71. The Morgan fingerprint density at radius 2 is 1.46 bits per heavy atom. The van der Waals surface area contributed by atoms with Gasteiger partial charge in [0.25, 0.3) is 0 Å². The van der Waals surface area contributed by atoms with E-state index >= 15 is 0 Å². The molecule has 2 aromatic rings. The molecule has 0 aliphatic rings. The average Bonchev–Trinajstić information content (AvgIpc) is 2.63. The Balaban J connectivity index is 2.47. The first-order valence-corrected chi connectivity index (χ1v) is 9.03. The van der Waals surface area contributed by atoms with Crippen molar-refractivity contribution in [2.45, 2.75) is 19.4 Å². The van der Waals surface area contributed by atoms with Gasteiger partial charge in [-0.3, -0.25) is 0 Å². The van der Waals surface area contributed by atoms with E-state index in [0.717, 1.165) is 11.1 Å². The molecule has 0 aliphatic carbocycles. The zero-order valence-corrected chi connectivity index (χ0v) is 16.1. The number of likely N-dealkylation sites (N-methyl/N-ethyl adjacent to an activating group) is 1. The Hall–Kier alpha value is -2.17. The fraction of sp³-hybridized carbons (Fsp3) is 0.409. The third-order valence-electron chi connectivity index (χ3n) is 4.05. The Bertz CT molecular complexity index is 629. The lowest BCUT2D eigenvalue weighted by molar-refractivity contribution is -0.170. The first-order valence-electron chi connectivity index (χ1n) is 9.03. The highest BCUT2D eigenvalue weighted by Crippen LogP contribution is 2.35. The van der Waals surface area contributed by atoms with Crippen molar-refractivity contribution in [3.05, 3.63) is 71.8 Å². The molecule has 0 atom stereocenters. The van der Waals surface area contributed by atoms with Gasteiger partial charge in [-0.1, -0.05) is 74.5 Å². The molecule has 4 nitrogen and oxygen atoms in total. The molecule has 0 aromatic heterocycles. The van der Waals surface area contributed by atoms with E-state index in [1.165, 1.54) is 0 Å². The second-order valence-electron chi connectivity index (χ2n) is 7.06. The van der Waals surface area contributed by atoms with Gasteiger partial charge >= 0.3 is 5.97 Å². The summed E-state index contributed by atoms with van der Waals surface area (Å²) in [6.45, 7) is 5.57. The fourth-order valence-electron chi connectivity index (χ4n) is 2.69. The van der Waals surface area contributed by atoms with Crippen molar-refractivity contribution in [3.8, 4) is 0 Å². The molecule has 2 rings (SSSR count). The molecule has 0 aliphatic heterocycles. The Morgan fingerprint density at radius 1 is 0.962 bits per heavy atom. The molecule has 26 heavy (non-hydrogen) atoms. The molecule has 0 unspecified atom stereocenters. The van der Waals surface area contributed by atoms with E-state index in [9.17, 15) is 4.79 Å². The van der Waals surface area contributed by atoms with E-state index in [2.05, 4.69) is 13.8 Å². The fourth-order valence-corrected chi connectivity index (χ4v) is 2.69. The van der Waals surface area contributed by atoms with Gasteiger partial charge in [-0.05, 0) is 31.1 Å². The molecular weight excluding hydrogens is 326 g/mol. The SMILES string of the molecule is CC(C)COC(C(=O)OCCN(C)C)(c1ccccc1)c1ccccc1. The maximum atomic E-state index is 13.3. The third kappa shape index (κ3) is 4.93. The van der Waals surface area contributed by atoms with Crippen LogP contribution in [0.5, 0.6) is 0 Å². The summed E-state index contributed by atoms with van der Waals surface area (Å²) in [7, 11) is 3.90. The minimum absolute atomic E-state index is 0.288. The number of hydrogen-bond donors (Lipinski definition) is 0. The summed E-state index contributed by atoms with van der Waals surface area (Å²) in [5.41, 5.74) is 0.294. The molecule has 0 fully saturated rings. The summed E-state index contributed by atoms with van der Waals surface area (Å²) in [4.78, 5) is 15.3. The molecule has 140 valence electrons. The smallest absolute Gasteiger partial charge is 0.347 e. The van der Waals surface area contributed by atoms with Crippen molar-refractivity contribution in [3.63, 3.8) is 0 Å². The zero-order chi connectivity index (χ0) is 19.0. The topological polar surface area (TPSA) is 38.8 Å². The lowest BCUT2D eigenvalue weighted by Gasteiger charge is -2.33. The van der Waals surface area contributed by atoms with Crippen LogP contribution in [0.25, 0.3) is 0 Å². The van der Waals surface area contributed by atoms with Crippen LogP contribution in [0.1, 0.15) is 25.0 Å². The number of carbonyl (C=O) groups is 1. The molecule has 4 heteroatoms. The molecule has 0 radical (unpaired) electrons. The number of nitrogens with zero attached hydrogens (tertiary/aromatic N) is 1. The zero-order valence-electron chi connectivity index (χ0n) is 16.1. The van der Waals surface area contributed by atoms with E-state index in [1.807, 2.05) is 79.7 Å². The lowest BCUT2D eigenvalue weighted by atomic mass is 9.85. The number of ether oxygens (including phenoxy) is 2. The number of benzene rings is 2. The van der Waals surface area contributed by atoms with Gasteiger partial charge in [0.1, 0.15) is 6.61 Å². The van der Waals surface area contributed by atoms with Crippen molar-refractivity contribution < 1.29 is 14.3 Å². The molecule has 0 bridgehead atoms. The van der Waals surface area contributed by atoms with Crippen LogP contribution in [0.15, 0.2) is 60.7 Å². The summed E-state index contributed by atoms with van der Waals surface area (Å²) < 4.78 is 11.9. The third-order valence-corrected chi connectivity index (χ3v) is 4.05. The van der Waals surface area contributed by atoms with Crippen LogP contribution < -0.4 is 0 Å². The van der Waals surface area contributed by atoms with Gasteiger partial charge in [-0.15, -0.1) is 0 Å². The highest BCUT2D eigenvalue weighted by molar-refractivity contribution is 5.85. The van der Waals surface area contributed by atoms with Crippen LogP contribution in [-0.4, -0.2) is 44.7 Å². The summed E-state index contributed by atoms with van der Waals surface area (Å²) in [6.07, 6.45) is 0. The standard InChI is InChI=1S/C22H29NO3/c1-18(2)17-26-22(19-11-7-5-8-12-19,20-13-9-6-10-14-20)21(24)25-16-15-23(3)4/h5-14,18H,15-17H2,1-4H3. The van der Waals surface area contributed by atoms with Gasteiger partial charge in [0, 0.05) is 6.54 Å². The van der Waals surface area contributed by atoms with Crippen LogP contribution in [-0.2, 0) is 19.9 Å². The Morgan fingerprint density at radius 3 is 1.88 bits per heavy atom. The monoisotopic (exact) mass is 355 g/mol. The first-order chi connectivity index (χ1) is 12.5. The van der Waals surface area contributed by atoms with Crippen molar-refractivity contribution in [2.75, 3.05) is 33.9 Å². The number of rotatable bonds is 9. The normalized spacial score (nSPS) is 11.8. The summed E-state index contributed by atoms with van der Waals surface area (Å²) in [5, 5.41) is 0. The van der Waals surface area contributed by atoms with Crippen LogP contribution >= 0.6 is 0 Å². The van der Waals surface area contributed by atoms with Gasteiger partial charge < -0.3 is 14.4 Å². The second kappa shape index (κ2) is 9.51. The van der Waals surface area contributed by atoms with E-state index in [0.29, 0.717) is 19.8 Å². The molecular formula is C22H29NO3. The molecule has 0 saturated heterocycles. The lowest BCUT2D eigenvalue weighted by Crippen LogP contribution is -2.43. The van der Waals surface area contributed by atoms with Gasteiger partial charge in [-0.25, -0.2) is 4.79 Å². The average molecular weight is 355 g/mol. The van der Waals surface area contributed by atoms with Crippen LogP contribution in [0.3, 0.4) is 0 Å². The number of hydrogen-bond acceptors (Lipinski definition) is 4. The molecule has 2 aromatic carbocycles. The van der Waals surface area contributed by atoms with Crippen molar-refractivity contribution >= 4 is 5.97 Å². The summed E-state index contributed by atoms with van der Waals surface area (Å²) >= 11 is 0. The maximum Gasteiger partial charge on any atom is 0.347 e. The van der Waals surface area contributed by atoms with Crippen LogP contribution in [0.2, 0.25) is 0 Å². The van der Waals surface area contributed by atoms with Crippen molar-refractivity contribution in [1.82, 2.24) is 4.90 Å². The highest BCUT2D eigenvalue weighted by Gasteiger charge is 2.45. The molecule has 0 amide bonds. The maximum absolute atomic E-state index is 13.3. The number of esters is 1. The van der Waals surface area contributed by atoms with Gasteiger partial charge in [0.2, 0.25) is 5.60 Å². The molecule has 0 spiro atoms. The minimum Gasteiger partial charge on any atom is -0.462 e. The van der Waals surface area contributed by atoms with Gasteiger partial charge in [0.15, 0.2) is 0 Å². The first kappa shape index (κ1) is 20.1. The molecule has 0 N–H and O–H groups in total. The largest absolute Gasteiger partial charge is 0.462 e. The van der Waals surface area contributed by atoms with E-state index in [1.54, 1.807) is 0 Å². The predicted molar refractivity (Wildman–Crippen MR) is 104 cm³/mol. The minimum atomic E-state index is -1.26. The van der Waals surface area contributed by atoms with Crippen LogP contribution in [0.4, 0.5) is 0 Å².